The van der Waals surface area contributed by atoms with E-state index in [9.17, 15) is 4.79 Å². The molecule has 1 aliphatic rings. The van der Waals surface area contributed by atoms with E-state index < -0.39 is 0 Å². The second kappa shape index (κ2) is 5.42. The zero-order chi connectivity index (χ0) is 11.4. The fraction of sp³-hybridized carbons (Fsp3) is 0.750. The van der Waals surface area contributed by atoms with E-state index in [2.05, 4.69) is 23.9 Å². The van der Waals surface area contributed by atoms with Crippen LogP contribution in [0, 0.1) is 0 Å². The van der Waals surface area contributed by atoms with Crippen molar-refractivity contribution in [2.45, 2.75) is 26.3 Å². The lowest BCUT2D eigenvalue weighted by molar-refractivity contribution is -0.116. The van der Waals surface area contributed by atoms with E-state index in [1.54, 1.807) is 6.08 Å². The molecule has 0 spiro atoms. The Balaban J connectivity index is 2.49. The van der Waals surface area contributed by atoms with E-state index in [1.165, 1.54) is 0 Å². The average molecular weight is 210 g/mol. The Morgan fingerprint density at radius 2 is 2.00 bits per heavy atom. The molecule has 15 heavy (non-hydrogen) atoms. The van der Waals surface area contributed by atoms with E-state index in [-0.39, 0.29) is 5.78 Å². The quantitative estimate of drug-likeness (QED) is 0.653. The topological polar surface area (TPSA) is 23.6 Å². The van der Waals surface area contributed by atoms with Crippen LogP contribution in [0.15, 0.2) is 11.6 Å². The Bertz CT molecular complexity index is 256. The van der Waals surface area contributed by atoms with Crippen LogP contribution in [-0.4, -0.2) is 55.4 Å². The Morgan fingerprint density at radius 3 is 2.60 bits per heavy atom. The van der Waals surface area contributed by atoms with E-state index >= 15 is 0 Å². The van der Waals surface area contributed by atoms with Gasteiger partial charge in [-0.05, 0) is 34.0 Å². The highest BCUT2D eigenvalue weighted by atomic mass is 16.1. The number of rotatable bonds is 3. The Kier molecular flexibility index (Phi) is 4.48. The molecule has 0 aliphatic carbocycles. The first-order valence-electron chi connectivity index (χ1n) is 5.55. The maximum atomic E-state index is 11.7. The molecule has 1 fully saturated rings. The SMILES string of the molecule is CC(C)=CC(=O)CC1CN(C)CCN1C. The van der Waals surface area contributed by atoms with Crippen molar-refractivity contribution < 1.29 is 4.79 Å². The third kappa shape index (κ3) is 4.14. The van der Waals surface area contributed by atoms with Gasteiger partial charge in [0, 0.05) is 32.1 Å². The van der Waals surface area contributed by atoms with E-state index in [1.807, 2.05) is 13.8 Å². The van der Waals surface area contributed by atoms with Gasteiger partial charge in [0.1, 0.15) is 0 Å². The molecule has 86 valence electrons. The molecule has 1 heterocycles. The maximum Gasteiger partial charge on any atom is 0.157 e. The zero-order valence-corrected chi connectivity index (χ0v) is 10.3. The molecule has 0 radical (unpaired) electrons. The summed E-state index contributed by atoms with van der Waals surface area (Å²) >= 11 is 0. The number of carbonyl (C=O) groups is 1. The van der Waals surface area contributed by atoms with Gasteiger partial charge in [0.25, 0.3) is 0 Å². The number of hydrogen-bond acceptors (Lipinski definition) is 3. The number of ketones is 1. The van der Waals surface area contributed by atoms with Gasteiger partial charge in [0.15, 0.2) is 5.78 Å². The molecule has 1 atom stereocenters. The Morgan fingerprint density at radius 1 is 1.33 bits per heavy atom. The van der Waals surface area contributed by atoms with Crippen molar-refractivity contribution in [3.05, 3.63) is 11.6 Å². The first-order chi connectivity index (χ1) is 6.99. The summed E-state index contributed by atoms with van der Waals surface area (Å²) in [7, 11) is 4.22. The zero-order valence-electron chi connectivity index (χ0n) is 10.3. The molecule has 0 N–H and O–H groups in total. The standard InChI is InChI=1S/C12H22N2O/c1-10(2)7-12(15)8-11-9-13(3)5-6-14(11)4/h7,11H,5-6,8-9H2,1-4H3. The maximum absolute atomic E-state index is 11.7. The van der Waals surface area contributed by atoms with Crippen molar-refractivity contribution >= 4 is 5.78 Å². The number of nitrogens with zero attached hydrogens (tertiary/aromatic N) is 2. The molecule has 0 saturated carbocycles. The van der Waals surface area contributed by atoms with Gasteiger partial charge < -0.3 is 9.80 Å². The van der Waals surface area contributed by atoms with E-state index in [0.717, 1.165) is 25.2 Å². The lowest BCUT2D eigenvalue weighted by Crippen LogP contribution is -2.50. The van der Waals surface area contributed by atoms with Crippen molar-refractivity contribution in [2.24, 2.45) is 0 Å². The Hall–Kier alpha value is -0.670. The number of allylic oxidation sites excluding steroid dienone is 2. The first-order valence-corrected chi connectivity index (χ1v) is 5.55. The molecule has 0 bridgehead atoms. The monoisotopic (exact) mass is 210 g/mol. The average Bonchev–Trinajstić information content (AvgIpc) is 2.10. The summed E-state index contributed by atoms with van der Waals surface area (Å²) in [6.07, 6.45) is 2.40. The minimum atomic E-state index is 0.252. The summed E-state index contributed by atoms with van der Waals surface area (Å²) in [5, 5.41) is 0. The lowest BCUT2D eigenvalue weighted by atomic mass is 10.1. The van der Waals surface area contributed by atoms with Crippen molar-refractivity contribution in [3.8, 4) is 0 Å². The molecule has 0 aromatic heterocycles. The van der Waals surface area contributed by atoms with Gasteiger partial charge in [-0.15, -0.1) is 0 Å². The third-order valence-corrected chi connectivity index (χ3v) is 2.87. The van der Waals surface area contributed by atoms with Crippen LogP contribution in [0.5, 0.6) is 0 Å². The first kappa shape index (κ1) is 12.4. The van der Waals surface area contributed by atoms with Crippen LogP contribution in [0.2, 0.25) is 0 Å². The fourth-order valence-corrected chi connectivity index (χ4v) is 1.93. The van der Waals surface area contributed by atoms with Crippen molar-refractivity contribution in [2.75, 3.05) is 33.7 Å². The third-order valence-electron chi connectivity index (χ3n) is 2.87. The minimum absolute atomic E-state index is 0.252. The fourth-order valence-electron chi connectivity index (χ4n) is 1.93. The minimum Gasteiger partial charge on any atom is -0.304 e. The van der Waals surface area contributed by atoms with Crippen molar-refractivity contribution in [1.29, 1.82) is 0 Å². The molecule has 1 saturated heterocycles. The van der Waals surface area contributed by atoms with Gasteiger partial charge >= 0.3 is 0 Å². The molecule has 0 aromatic carbocycles. The second-order valence-corrected chi connectivity index (χ2v) is 4.79. The molecule has 1 rings (SSSR count). The summed E-state index contributed by atoms with van der Waals surface area (Å²) in [5.74, 6) is 0.252. The largest absolute Gasteiger partial charge is 0.304 e. The van der Waals surface area contributed by atoms with Crippen molar-refractivity contribution in [1.82, 2.24) is 9.80 Å². The number of likely N-dealkylation sites (N-methyl/N-ethyl adjacent to an activating group) is 2. The highest BCUT2D eigenvalue weighted by Gasteiger charge is 2.23. The van der Waals surface area contributed by atoms with E-state index in [0.29, 0.717) is 12.5 Å². The van der Waals surface area contributed by atoms with Gasteiger partial charge in [-0.25, -0.2) is 0 Å². The van der Waals surface area contributed by atoms with Gasteiger partial charge in [0.2, 0.25) is 0 Å². The van der Waals surface area contributed by atoms with Crippen LogP contribution in [0.25, 0.3) is 0 Å². The molecule has 3 heteroatoms. The van der Waals surface area contributed by atoms with Crippen LogP contribution in [0.3, 0.4) is 0 Å². The summed E-state index contributed by atoms with van der Waals surface area (Å²) in [6, 6.07) is 0.381. The number of carbonyl (C=O) groups excluding carboxylic acids is 1. The summed E-state index contributed by atoms with van der Waals surface area (Å²) < 4.78 is 0. The van der Waals surface area contributed by atoms with Crippen LogP contribution in [-0.2, 0) is 4.79 Å². The van der Waals surface area contributed by atoms with Crippen molar-refractivity contribution in [3.63, 3.8) is 0 Å². The number of piperazine rings is 1. The Labute approximate surface area is 92.7 Å². The molecule has 1 aliphatic heterocycles. The van der Waals surface area contributed by atoms with Gasteiger partial charge in [-0.3, -0.25) is 4.79 Å². The second-order valence-electron chi connectivity index (χ2n) is 4.79. The molecular formula is C12H22N2O. The highest BCUT2D eigenvalue weighted by Crippen LogP contribution is 2.10. The van der Waals surface area contributed by atoms with Gasteiger partial charge in [0.05, 0.1) is 0 Å². The molecule has 0 aromatic rings. The lowest BCUT2D eigenvalue weighted by Gasteiger charge is -2.37. The summed E-state index contributed by atoms with van der Waals surface area (Å²) in [4.78, 5) is 16.2. The molecule has 0 amide bonds. The molecular weight excluding hydrogens is 188 g/mol. The highest BCUT2D eigenvalue weighted by molar-refractivity contribution is 5.90. The van der Waals surface area contributed by atoms with Gasteiger partial charge in [-0.1, -0.05) is 5.57 Å². The van der Waals surface area contributed by atoms with Gasteiger partial charge in [-0.2, -0.15) is 0 Å². The summed E-state index contributed by atoms with van der Waals surface area (Å²) in [5.41, 5.74) is 1.09. The van der Waals surface area contributed by atoms with Crippen LogP contribution >= 0.6 is 0 Å². The predicted octanol–water partition coefficient (Wildman–Crippen LogP) is 1.16. The van der Waals surface area contributed by atoms with Crippen LogP contribution in [0.4, 0.5) is 0 Å². The molecule has 1 unspecified atom stereocenters. The smallest absolute Gasteiger partial charge is 0.157 e. The number of hydrogen-bond donors (Lipinski definition) is 0. The summed E-state index contributed by atoms with van der Waals surface area (Å²) in [6.45, 7) is 7.09. The predicted molar refractivity (Wildman–Crippen MR) is 63.0 cm³/mol. The van der Waals surface area contributed by atoms with E-state index in [4.69, 9.17) is 0 Å². The normalized spacial score (nSPS) is 23.9. The van der Waals surface area contributed by atoms with Crippen LogP contribution < -0.4 is 0 Å². The molecule has 3 nitrogen and oxygen atoms in total. The van der Waals surface area contributed by atoms with Crippen LogP contribution in [0.1, 0.15) is 20.3 Å².